The molecule has 1 aromatic rings. The lowest BCUT2D eigenvalue weighted by Gasteiger charge is -2.10. The number of nitrogen functional groups attached to an aromatic ring is 1. The lowest BCUT2D eigenvalue weighted by atomic mass is 10.1. The van der Waals surface area contributed by atoms with Gasteiger partial charge in [0.1, 0.15) is 5.84 Å². The Labute approximate surface area is 117 Å². The van der Waals surface area contributed by atoms with E-state index >= 15 is 0 Å². The maximum absolute atomic E-state index is 7.52. The van der Waals surface area contributed by atoms with Crippen LogP contribution in [0.5, 0.6) is 0 Å². The van der Waals surface area contributed by atoms with E-state index in [2.05, 4.69) is 12.2 Å². The molecule has 0 radical (unpaired) electrons. The fourth-order valence-electron chi connectivity index (χ4n) is 2.18. The van der Waals surface area contributed by atoms with Crippen molar-refractivity contribution in [3.63, 3.8) is 0 Å². The third kappa shape index (κ3) is 6.27. The van der Waals surface area contributed by atoms with Crippen molar-refractivity contribution >= 4 is 11.5 Å². The maximum atomic E-state index is 7.52. The molecule has 0 heterocycles. The van der Waals surface area contributed by atoms with E-state index in [1.165, 1.54) is 44.9 Å². The molecule has 0 saturated carbocycles. The summed E-state index contributed by atoms with van der Waals surface area (Å²) in [7, 11) is 0. The van der Waals surface area contributed by atoms with Crippen LogP contribution in [0.1, 0.15) is 57.4 Å². The Bertz CT molecular complexity index is 374. The van der Waals surface area contributed by atoms with E-state index in [0.29, 0.717) is 0 Å². The second kappa shape index (κ2) is 9.42. The Morgan fingerprint density at radius 2 is 1.68 bits per heavy atom. The van der Waals surface area contributed by atoms with Gasteiger partial charge in [-0.25, -0.2) is 0 Å². The van der Waals surface area contributed by atoms with Crippen LogP contribution in [0.15, 0.2) is 24.3 Å². The van der Waals surface area contributed by atoms with Gasteiger partial charge in [-0.3, -0.25) is 5.41 Å². The molecule has 0 atom stereocenters. The quantitative estimate of drug-likeness (QED) is 0.337. The van der Waals surface area contributed by atoms with Crippen molar-refractivity contribution in [1.82, 2.24) is 0 Å². The van der Waals surface area contributed by atoms with Crippen LogP contribution in [0, 0.1) is 5.41 Å². The molecular formula is C16H27N3. The standard InChI is InChI=1S/C16H27N3/c1-2-3-4-5-6-7-10-13-19-15-12-9-8-11-14(15)16(17)18/h8-9,11-12,19H,2-7,10,13H2,1H3,(H3,17,18). The molecule has 0 aromatic heterocycles. The minimum atomic E-state index is 0.127. The topological polar surface area (TPSA) is 61.9 Å². The van der Waals surface area contributed by atoms with Crippen molar-refractivity contribution in [3.8, 4) is 0 Å². The van der Waals surface area contributed by atoms with Crippen molar-refractivity contribution in [3.05, 3.63) is 29.8 Å². The van der Waals surface area contributed by atoms with Gasteiger partial charge in [-0.2, -0.15) is 0 Å². The Hall–Kier alpha value is -1.51. The van der Waals surface area contributed by atoms with Crippen molar-refractivity contribution in [2.24, 2.45) is 5.73 Å². The van der Waals surface area contributed by atoms with Gasteiger partial charge in [0, 0.05) is 17.8 Å². The van der Waals surface area contributed by atoms with Crippen molar-refractivity contribution in [2.45, 2.75) is 51.9 Å². The van der Waals surface area contributed by atoms with Gasteiger partial charge in [0.2, 0.25) is 0 Å². The van der Waals surface area contributed by atoms with Gasteiger partial charge in [0.05, 0.1) is 0 Å². The molecule has 0 aliphatic rings. The highest BCUT2D eigenvalue weighted by atomic mass is 14.9. The number of benzene rings is 1. The Morgan fingerprint density at radius 1 is 1.05 bits per heavy atom. The van der Waals surface area contributed by atoms with Crippen LogP contribution in [0.3, 0.4) is 0 Å². The van der Waals surface area contributed by atoms with E-state index in [-0.39, 0.29) is 5.84 Å². The molecule has 0 unspecified atom stereocenters. The number of para-hydroxylation sites is 1. The van der Waals surface area contributed by atoms with E-state index in [9.17, 15) is 0 Å². The van der Waals surface area contributed by atoms with Gasteiger partial charge >= 0.3 is 0 Å². The summed E-state index contributed by atoms with van der Waals surface area (Å²) in [6.45, 7) is 3.20. The zero-order chi connectivity index (χ0) is 13.9. The maximum Gasteiger partial charge on any atom is 0.124 e. The van der Waals surface area contributed by atoms with E-state index in [1.807, 2.05) is 24.3 Å². The summed E-state index contributed by atoms with van der Waals surface area (Å²) in [5.41, 5.74) is 7.33. The number of hydrogen-bond donors (Lipinski definition) is 3. The number of amidine groups is 1. The lowest BCUT2D eigenvalue weighted by Crippen LogP contribution is -2.14. The fourth-order valence-corrected chi connectivity index (χ4v) is 2.18. The van der Waals surface area contributed by atoms with Gasteiger partial charge in [-0.15, -0.1) is 0 Å². The Morgan fingerprint density at radius 3 is 2.37 bits per heavy atom. The van der Waals surface area contributed by atoms with E-state index in [4.69, 9.17) is 11.1 Å². The first kappa shape index (κ1) is 15.5. The largest absolute Gasteiger partial charge is 0.384 e. The highest BCUT2D eigenvalue weighted by Gasteiger charge is 2.02. The second-order valence-electron chi connectivity index (χ2n) is 5.01. The predicted octanol–water partition coefficient (Wildman–Crippen LogP) is 4.13. The van der Waals surface area contributed by atoms with Crippen LogP contribution in [0.2, 0.25) is 0 Å². The molecular weight excluding hydrogens is 234 g/mol. The summed E-state index contributed by atoms with van der Waals surface area (Å²) in [6, 6.07) is 7.75. The molecule has 1 aromatic carbocycles. The lowest BCUT2D eigenvalue weighted by molar-refractivity contribution is 0.596. The first-order chi connectivity index (χ1) is 9.25. The number of nitrogens with one attached hydrogen (secondary N) is 2. The number of hydrogen-bond acceptors (Lipinski definition) is 2. The van der Waals surface area contributed by atoms with Gasteiger partial charge < -0.3 is 11.1 Å². The summed E-state index contributed by atoms with van der Waals surface area (Å²) in [5, 5.41) is 10.9. The van der Waals surface area contributed by atoms with Crippen LogP contribution < -0.4 is 11.1 Å². The number of rotatable bonds is 10. The molecule has 0 spiro atoms. The minimum absolute atomic E-state index is 0.127. The summed E-state index contributed by atoms with van der Waals surface area (Å²) >= 11 is 0. The van der Waals surface area contributed by atoms with Crippen molar-refractivity contribution in [2.75, 3.05) is 11.9 Å². The Balaban J connectivity index is 2.17. The van der Waals surface area contributed by atoms with Crippen molar-refractivity contribution in [1.29, 1.82) is 5.41 Å². The van der Waals surface area contributed by atoms with Gasteiger partial charge in [-0.05, 0) is 18.6 Å². The normalized spacial score (nSPS) is 10.4. The average Bonchev–Trinajstić information content (AvgIpc) is 2.42. The Kier molecular flexibility index (Phi) is 7.71. The minimum Gasteiger partial charge on any atom is -0.384 e. The van der Waals surface area contributed by atoms with E-state index in [1.54, 1.807) is 0 Å². The average molecular weight is 261 g/mol. The van der Waals surface area contributed by atoms with Gasteiger partial charge in [0.25, 0.3) is 0 Å². The summed E-state index contributed by atoms with van der Waals surface area (Å²) in [5.74, 6) is 0.127. The van der Waals surface area contributed by atoms with E-state index < -0.39 is 0 Å². The highest BCUT2D eigenvalue weighted by Crippen LogP contribution is 2.14. The molecule has 3 heteroatoms. The third-order valence-electron chi connectivity index (χ3n) is 3.31. The van der Waals surface area contributed by atoms with Gasteiger partial charge in [0.15, 0.2) is 0 Å². The monoisotopic (exact) mass is 261 g/mol. The molecule has 0 saturated heterocycles. The molecule has 0 aliphatic heterocycles. The first-order valence-electron chi connectivity index (χ1n) is 7.43. The highest BCUT2D eigenvalue weighted by molar-refractivity contribution is 6.00. The van der Waals surface area contributed by atoms with Crippen LogP contribution in [0.4, 0.5) is 5.69 Å². The zero-order valence-corrected chi connectivity index (χ0v) is 12.0. The molecule has 4 N–H and O–H groups in total. The summed E-state index contributed by atoms with van der Waals surface area (Å²) < 4.78 is 0. The van der Waals surface area contributed by atoms with Gasteiger partial charge in [-0.1, -0.05) is 57.6 Å². The molecule has 0 bridgehead atoms. The van der Waals surface area contributed by atoms with E-state index in [0.717, 1.165) is 17.8 Å². The molecule has 106 valence electrons. The van der Waals surface area contributed by atoms with Crippen LogP contribution in [-0.4, -0.2) is 12.4 Å². The van der Waals surface area contributed by atoms with Crippen LogP contribution in [0.25, 0.3) is 0 Å². The molecule has 0 fully saturated rings. The predicted molar refractivity (Wildman–Crippen MR) is 83.9 cm³/mol. The molecule has 1 rings (SSSR count). The first-order valence-corrected chi connectivity index (χ1v) is 7.43. The molecule has 19 heavy (non-hydrogen) atoms. The van der Waals surface area contributed by atoms with Crippen LogP contribution in [-0.2, 0) is 0 Å². The third-order valence-corrected chi connectivity index (χ3v) is 3.31. The molecule has 0 amide bonds. The summed E-state index contributed by atoms with van der Waals surface area (Å²) in [4.78, 5) is 0. The fraction of sp³-hybridized carbons (Fsp3) is 0.562. The van der Waals surface area contributed by atoms with Crippen molar-refractivity contribution < 1.29 is 0 Å². The number of nitrogens with two attached hydrogens (primary N) is 1. The number of anilines is 1. The smallest absolute Gasteiger partial charge is 0.124 e. The zero-order valence-electron chi connectivity index (χ0n) is 12.0. The SMILES string of the molecule is CCCCCCCCCNc1ccccc1C(=N)N. The number of unbranched alkanes of at least 4 members (excludes halogenated alkanes) is 6. The second-order valence-corrected chi connectivity index (χ2v) is 5.01. The van der Waals surface area contributed by atoms with Crippen LogP contribution >= 0.6 is 0 Å². The molecule has 3 nitrogen and oxygen atoms in total. The summed E-state index contributed by atoms with van der Waals surface area (Å²) in [6.07, 6.45) is 9.19. The molecule has 0 aliphatic carbocycles.